The molecule has 6 N–H and O–H groups in total. The van der Waals surface area contributed by atoms with E-state index < -0.39 is 50.7 Å². The van der Waals surface area contributed by atoms with Gasteiger partial charge in [-0.2, -0.15) is 0 Å². The first-order valence-electron chi connectivity index (χ1n) is 7.00. The summed E-state index contributed by atoms with van der Waals surface area (Å²) < 4.78 is 16.2. The van der Waals surface area contributed by atoms with Crippen LogP contribution in [0.15, 0.2) is 6.33 Å². The molecule has 0 radical (unpaired) electrons. The molecular formula is C11H13ClIN5O6P-. The quantitative estimate of drug-likeness (QED) is 0.118. The van der Waals surface area contributed by atoms with Gasteiger partial charge in [0.05, 0.1) is 0 Å². The standard InChI is InChI=1S/C11H13ClIN5O6P/c12-10-16-8(14)3-9(17-10)18(2-15-3)4-5(19)7(20)11(6(4)13-11)1-24-25(21,22)23/h2,4-7,19-20H,1H2,(H2,14,16,17)(H2,21,22,23)/q-1/t4-,5-,6+,7-,11+/m0/s1. The summed E-state index contributed by atoms with van der Waals surface area (Å²) in [6.07, 6.45) is -0.880. The van der Waals surface area contributed by atoms with Crippen LogP contribution >= 0.6 is 19.4 Å². The van der Waals surface area contributed by atoms with Crippen LogP contribution in [0.2, 0.25) is 5.28 Å². The number of imidazole rings is 1. The van der Waals surface area contributed by atoms with E-state index >= 15 is 0 Å². The monoisotopic (exact) mass is 504 g/mol. The molecule has 14 heteroatoms. The Bertz CT molecular complexity index is 908. The van der Waals surface area contributed by atoms with E-state index in [1.54, 1.807) is 4.57 Å². The van der Waals surface area contributed by atoms with Crippen LogP contribution in [0.5, 0.6) is 0 Å². The Morgan fingerprint density at radius 3 is 2.84 bits per heavy atom. The summed E-state index contributed by atoms with van der Waals surface area (Å²) in [5.74, 6) is 0.100. The molecule has 0 spiro atoms. The molecule has 1 aliphatic heterocycles. The molecule has 2 aromatic rings. The van der Waals surface area contributed by atoms with Crippen LogP contribution in [0, 0.1) is 0 Å². The predicted molar refractivity (Wildman–Crippen MR) is 80.3 cm³/mol. The number of aliphatic hydroxyl groups is 2. The number of nitrogen functional groups attached to an aromatic ring is 1. The first-order chi connectivity index (χ1) is 11.6. The van der Waals surface area contributed by atoms with Gasteiger partial charge in [0.25, 0.3) is 0 Å². The zero-order chi connectivity index (χ0) is 18.1. The second kappa shape index (κ2) is 5.70. The number of nitrogens with zero attached hydrogens (tertiary/aromatic N) is 4. The van der Waals surface area contributed by atoms with Crippen LogP contribution in [0.25, 0.3) is 11.2 Å². The molecule has 0 bridgehead atoms. The number of aromatic nitrogens is 4. The molecule has 138 valence electrons. The average molecular weight is 505 g/mol. The minimum atomic E-state index is -4.66. The fourth-order valence-corrected chi connectivity index (χ4v) is 8.22. The summed E-state index contributed by atoms with van der Waals surface area (Å²) in [5.41, 5.74) is 6.43. The zero-order valence-corrected chi connectivity index (χ0v) is 16.1. The van der Waals surface area contributed by atoms with Crippen molar-refractivity contribution in [2.75, 3.05) is 12.3 Å². The van der Waals surface area contributed by atoms with Crippen molar-refractivity contribution in [3.63, 3.8) is 0 Å². The van der Waals surface area contributed by atoms with Crippen LogP contribution in [-0.4, -0.2) is 65.7 Å². The van der Waals surface area contributed by atoms with Gasteiger partial charge in [-0.05, 0) is 0 Å². The van der Waals surface area contributed by atoms with Crippen molar-refractivity contribution in [1.29, 1.82) is 0 Å². The fourth-order valence-electron chi connectivity index (χ4n) is 3.22. The Kier molecular flexibility index (Phi) is 4.05. The van der Waals surface area contributed by atoms with Gasteiger partial charge >= 0.3 is 156 Å². The topological polar surface area (TPSA) is 177 Å². The maximum atomic E-state index is 11.0. The van der Waals surface area contributed by atoms with Crippen molar-refractivity contribution in [3.05, 3.63) is 11.6 Å². The number of alkyl halides is 2. The Morgan fingerprint density at radius 1 is 1.44 bits per heavy atom. The van der Waals surface area contributed by atoms with Crippen molar-refractivity contribution >= 4 is 36.4 Å². The van der Waals surface area contributed by atoms with E-state index in [1.807, 2.05) is 0 Å². The van der Waals surface area contributed by atoms with Crippen LogP contribution in [0.1, 0.15) is 6.04 Å². The van der Waals surface area contributed by atoms with E-state index in [2.05, 4.69) is 19.5 Å². The molecule has 5 atom stereocenters. The number of phosphoric ester groups is 1. The Hall–Kier alpha value is -0.600. The van der Waals surface area contributed by atoms with E-state index in [0.29, 0.717) is 11.2 Å². The molecule has 1 saturated heterocycles. The maximum absolute atomic E-state index is 11.0. The number of halogens is 2. The molecule has 0 aromatic carbocycles. The van der Waals surface area contributed by atoms with E-state index in [-0.39, 0.29) is 21.6 Å². The molecule has 3 heterocycles. The van der Waals surface area contributed by atoms with Gasteiger partial charge in [0, 0.05) is 0 Å². The Balaban J connectivity index is 1.70. The molecule has 4 rings (SSSR count). The van der Waals surface area contributed by atoms with Gasteiger partial charge in [-0.3, -0.25) is 0 Å². The molecule has 0 amide bonds. The van der Waals surface area contributed by atoms with E-state index in [0.717, 1.165) is 0 Å². The van der Waals surface area contributed by atoms with Gasteiger partial charge in [-0.25, -0.2) is 0 Å². The van der Waals surface area contributed by atoms with Gasteiger partial charge in [-0.15, -0.1) is 0 Å². The van der Waals surface area contributed by atoms with Gasteiger partial charge in [0.2, 0.25) is 0 Å². The van der Waals surface area contributed by atoms with Crippen molar-refractivity contribution in [1.82, 2.24) is 19.5 Å². The summed E-state index contributed by atoms with van der Waals surface area (Å²) in [5, 5.41) is 20.8. The predicted octanol–water partition coefficient (Wildman–Crippen LogP) is -4.34. The second-order valence-corrected chi connectivity index (χ2v) is 11.4. The van der Waals surface area contributed by atoms with Crippen molar-refractivity contribution < 1.29 is 50.3 Å². The SMILES string of the molecule is Nc1nc(Cl)nc2c1ncn2[C@H]1[C@H](O)[C@H](O)[C@]2(COP(=O)(O)O)[I-][C@H]12. The number of aliphatic hydroxyl groups excluding tert-OH is 2. The van der Waals surface area contributed by atoms with Crippen LogP contribution in [0.4, 0.5) is 5.82 Å². The Labute approximate surface area is 155 Å². The van der Waals surface area contributed by atoms with Crippen molar-refractivity contribution in [2.24, 2.45) is 0 Å². The zero-order valence-electron chi connectivity index (χ0n) is 12.3. The molecular weight excluding hydrogens is 491 g/mol. The van der Waals surface area contributed by atoms with E-state index in [4.69, 9.17) is 27.1 Å². The van der Waals surface area contributed by atoms with Crippen LogP contribution in [-0.2, 0) is 9.09 Å². The van der Waals surface area contributed by atoms with Gasteiger partial charge < -0.3 is 0 Å². The molecule has 11 nitrogen and oxygen atoms in total. The molecule has 2 aromatic heterocycles. The third-order valence-corrected chi connectivity index (χ3v) is 9.65. The molecule has 2 fully saturated rings. The molecule has 1 saturated carbocycles. The molecule has 0 unspecified atom stereocenters. The minimum absolute atomic E-state index is 0.0682. The van der Waals surface area contributed by atoms with E-state index in [9.17, 15) is 14.8 Å². The van der Waals surface area contributed by atoms with Gasteiger partial charge in [0.15, 0.2) is 0 Å². The number of rotatable bonds is 4. The molecule has 1 aliphatic carbocycles. The molecule has 2 aliphatic rings. The number of fused-ring (bicyclic) bond motifs is 2. The van der Waals surface area contributed by atoms with Crippen LogP contribution < -0.4 is 26.9 Å². The first kappa shape index (κ1) is 17.8. The van der Waals surface area contributed by atoms with Crippen molar-refractivity contribution in [3.8, 4) is 0 Å². The second-order valence-electron chi connectivity index (χ2n) is 5.83. The fraction of sp³-hybridized carbons (Fsp3) is 0.545. The first-order valence-corrected chi connectivity index (χ1v) is 11.2. The number of nitrogens with two attached hydrogens (primary N) is 1. The summed E-state index contributed by atoms with van der Waals surface area (Å²) in [6.45, 7) is -0.311. The van der Waals surface area contributed by atoms with Gasteiger partial charge in [0.1, 0.15) is 0 Å². The Morgan fingerprint density at radius 2 is 2.16 bits per heavy atom. The normalized spacial score (nSPS) is 34.8. The third kappa shape index (κ3) is 2.75. The number of hydrogen-bond acceptors (Lipinski definition) is 8. The summed E-state index contributed by atoms with van der Waals surface area (Å²) in [7, 11) is -4.66. The summed E-state index contributed by atoms with van der Waals surface area (Å²) in [6, 6.07) is -0.557. The summed E-state index contributed by atoms with van der Waals surface area (Å²) >= 11 is 5.18. The number of anilines is 1. The summed E-state index contributed by atoms with van der Waals surface area (Å²) in [4.78, 5) is 29.9. The average Bonchev–Trinajstić information content (AvgIpc) is 3.01. The molecule has 25 heavy (non-hydrogen) atoms. The van der Waals surface area contributed by atoms with Crippen LogP contribution in [0.3, 0.4) is 0 Å². The van der Waals surface area contributed by atoms with Gasteiger partial charge in [-0.1, -0.05) is 0 Å². The number of hydrogen-bond donors (Lipinski definition) is 5. The third-order valence-electron chi connectivity index (χ3n) is 4.39. The van der Waals surface area contributed by atoms with Crippen molar-refractivity contribution in [2.45, 2.75) is 25.6 Å². The van der Waals surface area contributed by atoms with E-state index in [1.165, 1.54) is 6.33 Å². The number of phosphoric acid groups is 1.